The predicted molar refractivity (Wildman–Crippen MR) is 77.4 cm³/mol. The fraction of sp³-hybridized carbons (Fsp3) is 0.750. The van der Waals surface area contributed by atoms with E-state index in [1.165, 1.54) is 11.8 Å². The first kappa shape index (κ1) is 16.4. The third kappa shape index (κ3) is 4.42. The minimum Gasteiger partial charge on any atom is -0.480 e. The summed E-state index contributed by atoms with van der Waals surface area (Å²) in [5, 5.41) is 9.33. The Morgan fingerprint density at radius 2 is 2.05 bits per heavy atom. The van der Waals surface area contributed by atoms with Gasteiger partial charge in [-0.05, 0) is 12.7 Å². The number of carboxylic acid groups (broad SMARTS) is 1. The fourth-order valence-electron chi connectivity index (χ4n) is 2.04. The van der Waals surface area contributed by atoms with Crippen LogP contribution in [0.4, 0.5) is 0 Å². The Kier molecular flexibility index (Phi) is 6.19. The summed E-state index contributed by atoms with van der Waals surface area (Å²) in [4.78, 5) is 35.8. The quantitative estimate of drug-likeness (QED) is 0.825. The normalized spacial score (nSPS) is 24.3. The molecule has 108 valence electrons. The molecule has 1 heterocycles. The van der Waals surface area contributed by atoms with Crippen molar-refractivity contribution >= 4 is 40.5 Å². The number of likely N-dealkylation sites (tertiary alicyclic amines) is 1. The van der Waals surface area contributed by atoms with Gasteiger partial charge in [0.2, 0.25) is 5.91 Å². The van der Waals surface area contributed by atoms with Crippen LogP contribution in [0.15, 0.2) is 0 Å². The topological polar surface area (TPSA) is 74.7 Å². The highest BCUT2D eigenvalue weighted by atomic mass is 32.2. The van der Waals surface area contributed by atoms with E-state index in [4.69, 9.17) is 0 Å². The Labute approximate surface area is 121 Å². The summed E-state index contributed by atoms with van der Waals surface area (Å²) in [7, 11) is 0. The van der Waals surface area contributed by atoms with Gasteiger partial charge in [0.1, 0.15) is 6.04 Å². The predicted octanol–water partition coefficient (Wildman–Crippen LogP) is 1.32. The Morgan fingerprint density at radius 1 is 1.42 bits per heavy atom. The standard InChI is InChI=1S/C12H19NO4S2/c1-7(6-19-8(2)14)11(15)13-5-9(18-3)4-10(13)12(16)17/h7,9-10H,4-6H2,1-3H3,(H,16,17)/t7?,9?,10-/m0/s1. The average Bonchev–Trinajstić information content (AvgIpc) is 2.79. The van der Waals surface area contributed by atoms with Gasteiger partial charge in [-0.15, -0.1) is 0 Å². The maximum atomic E-state index is 12.3. The van der Waals surface area contributed by atoms with Gasteiger partial charge in [-0.3, -0.25) is 9.59 Å². The number of carbonyl (C=O) groups excluding carboxylic acids is 2. The minimum atomic E-state index is -0.948. The molecule has 1 rings (SSSR count). The molecule has 1 aliphatic heterocycles. The van der Waals surface area contributed by atoms with Gasteiger partial charge in [0.05, 0.1) is 0 Å². The number of carboxylic acids is 1. The monoisotopic (exact) mass is 305 g/mol. The van der Waals surface area contributed by atoms with Gasteiger partial charge in [-0.25, -0.2) is 4.79 Å². The molecule has 3 atom stereocenters. The van der Waals surface area contributed by atoms with Crippen molar-refractivity contribution in [2.75, 3.05) is 18.6 Å². The summed E-state index contributed by atoms with van der Waals surface area (Å²) in [6, 6.07) is -0.727. The van der Waals surface area contributed by atoms with Gasteiger partial charge in [0.25, 0.3) is 0 Å². The first-order chi connectivity index (χ1) is 8.86. The molecule has 2 unspecified atom stereocenters. The molecular weight excluding hydrogens is 286 g/mol. The molecule has 19 heavy (non-hydrogen) atoms. The third-order valence-electron chi connectivity index (χ3n) is 3.12. The molecule has 0 radical (unpaired) electrons. The van der Waals surface area contributed by atoms with Crippen molar-refractivity contribution in [1.82, 2.24) is 4.90 Å². The molecular formula is C12H19NO4S2. The highest BCUT2D eigenvalue weighted by Crippen LogP contribution is 2.28. The molecule has 1 fully saturated rings. The summed E-state index contributed by atoms with van der Waals surface area (Å²) in [6.07, 6.45) is 2.42. The minimum absolute atomic E-state index is 0.0298. The third-order valence-corrected chi connectivity index (χ3v) is 5.20. The number of hydrogen-bond donors (Lipinski definition) is 1. The summed E-state index contributed by atoms with van der Waals surface area (Å²) in [5.74, 6) is -1.05. The first-order valence-electron chi connectivity index (χ1n) is 6.06. The molecule has 1 N–H and O–H groups in total. The number of aliphatic carboxylic acids is 1. The largest absolute Gasteiger partial charge is 0.480 e. The molecule has 0 aliphatic carbocycles. The zero-order valence-corrected chi connectivity index (χ0v) is 12.9. The number of hydrogen-bond acceptors (Lipinski definition) is 5. The van der Waals surface area contributed by atoms with Gasteiger partial charge in [0.15, 0.2) is 5.12 Å². The number of amides is 1. The van der Waals surface area contributed by atoms with E-state index >= 15 is 0 Å². The SMILES string of the molecule is CSC1C[C@@H](C(=O)O)N(C(=O)C(C)CSC(C)=O)C1. The molecule has 1 saturated heterocycles. The second-order valence-corrected chi connectivity index (χ2v) is 6.98. The Bertz CT molecular complexity index is 375. The molecule has 1 aliphatic rings. The van der Waals surface area contributed by atoms with Crippen LogP contribution in [0.25, 0.3) is 0 Å². The van der Waals surface area contributed by atoms with Crippen molar-refractivity contribution in [2.24, 2.45) is 5.92 Å². The highest BCUT2D eigenvalue weighted by Gasteiger charge is 2.40. The zero-order chi connectivity index (χ0) is 14.6. The maximum Gasteiger partial charge on any atom is 0.326 e. The molecule has 0 saturated carbocycles. The lowest BCUT2D eigenvalue weighted by Gasteiger charge is -2.24. The van der Waals surface area contributed by atoms with E-state index in [2.05, 4.69) is 0 Å². The number of nitrogens with zero attached hydrogens (tertiary/aromatic N) is 1. The van der Waals surface area contributed by atoms with E-state index in [1.807, 2.05) is 6.26 Å². The molecule has 0 aromatic rings. The molecule has 0 spiro atoms. The van der Waals surface area contributed by atoms with E-state index in [-0.39, 0.29) is 22.2 Å². The van der Waals surface area contributed by atoms with Crippen LogP contribution in [0.5, 0.6) is 0 Å². The van der Waals surface area contributed by atoms with E-state index in [1.54, 1.807) is 18.7 Å². The van der Waals surface area contributed by atoms with Crippen molar-refractivity contribution < 1.29 is 19.5 Å². The van der Waals surface area contributed by atoms with E-state index in [9.17, 15) is 19.5 Å². The average molecular weight is 305 g/mol. The van der Waals surface area contributed by atoms with Gasteiger partial charge in [-0.2, -0.15) is 11.8 Å². The summed E-state index contributed by atoms with van der Waals surface area (Å²) in [5.41, 5.74) is 0. The number of thioether (sulfide) groups is 2. The Morgan fingerprint density at radius 3 is 2.53 bits per heavy atom. The lowest BCUT2D eigenvalue weighted by atomic mass is 10.1. The Hall–Kier alpha value is -0.690. The van der Waals surface area contributed by atoms with Crippen LogP contribution in [-0.2, 0) is 14.4 Å². The van der Waals surface area contributed by atoms with E-state index < -0.39 is 12.0 Å². The molecule has 0 aromatic carbocycles. The van der Waals surface area contributed by atoms with Gasteiger partial charge in [0, 0.05) is 30.4 Å². The zero-order valence-electron chi connectivity index (χ0n) is 11.3. The fourth-order valence-corrected chi connectivity index (χ4v) is 3.35. The van der Waals surface area contributed by atoms with Crippen LogP contribution in [0.2, 0.25) is 0 Å². The maximum absolute atomic E-state index is 12.3. The van der Waals surface area contributed by atoms with Crippen LogP contribution in [0.1, 0.15) is 20.3 Å². The summed E-state index contributed by atoms with van der Waals surface area (Å²) >= 11 is 2.69. The van der Waals surface area contributed by atoms with Crippen molar-refractivity contribution in [3.8, 4) is 0 Å². The summed E-state index contributed by atoms with van der Waals surface area (Å²) in [6.45, 7) is 3.68. The van der Waals surface area contributed by atoms with Crippen LogP contribution in [0, 0.1) is 5.92 Å². The van der Waals surface area contributed by atoms with Crippen LogP contribution < -0.4 is 0 Å². The van der Waals surface area contributed by atoms with E-state index in [0.717, 1.165) is 11.8 Å². The molecule has 1 amide bonds. The number of carbonyl (C=O) groups is 3. The van der Waals surface area contributed by atoms with E-state index in [0.29, 0.717) is 18.7 Å². The molecule has 0 bridgehead atoms. The van der Waals surface area contributed by atoms with Gasteiger partial charge >= 0.3 is 5.97 Å². The summed E-state index contributed by atoms with van der Waals surface area (Å²) < 4.78 is 0. The second-order valence-electron chi connectivity index (χ2n) is 4.64. The molecule has 0 aromatic heterocycles. The first-order valence-corrected chi connectivity index (χ1v) is 8.33. The van der Waals surface area contributed by atoms with Crippen molar-refractivity contribution in [1.29, 1.82) is 0 Å². The lowest BCUT2D eigenvalue weighted by molar-refractivity contribution is -0.149. The van der Waals surface area contributed by atoms with Gasteiger partial charge in [-0.1, -0.05) is 18.7 Å². The second kappa shape index (κ2) is 7.19. The highest BCUT2D eigenvalue weighted by molar-refractivity contribution is 8.13. The van der Waals surface area contributed by atoms with Crippen molar-refractivity contribution in [3.05, 3.63) is 0 Å². The smallest absolute Gasteiger partial charge is 0.326 e. The van der Waals surface area contributed by atoms with Crippen LogP contribution >= 0.6 is 23.5 Å². The van der Waals surface area contributed by atoms with Crippen LogP contribution in [0.3, 0.4) is 0 Å². The van der Waals surface area contributed by atoms with Crippen molar-refractivity contribution in [3.63, 3.8) is 0 Å². The molecule has 7 heteroatoms. The Balaban J connectivity index is 2.67. The number of rotatable bonds is 5. The van der Waals surface area contributed by atoms with Crippen LogP contribution in [-0.4, -0.2) is 56.8 Å². The van der Waals surface area contributed by atoms with Crippen molar-refractivity contribution in [2.45, 2.75) is 31.6 Å². The lowest BCUT2D eigenvalue weighted by Crippen LogP contribution is -2.43. The molecule has 5 nitrogen and oxygen atoms in total. The van der Waals surface area contributed by atoms with Gasteiger partial charge < -0.3 is 10.0 Å².